The molecule has 2 aromatic rings. The molecular formula is C17H23N3O2S. The van der Waals surface area contributed by atoms with E-state index >= 15 is 0 Å². The third kappa shape index (κ3) is 5.04. The van der Waals surface area contributed by atoms with E-state index in [0.717, 1.165) is 30.3 Å². The third-order valence-corrected chi connectivity index (χ3v) is 4.47. The lowest BCUT2D eigenvalue weighted by Gasteiger charge is -2.15. The molecule has 0 spiro atoms. The van der Waals surface area contributed by atoms with Crippen molar-refractivity contribution in [3.05, 3.63) is 40.3 Å². The van der Waals surface area contributed by atoms with Crippen LogP contribution in [-0.2, 0) is 17.8 Å². The van der Waals surface area contributed by atoms with Gasteiger partial charge >= 0.3 is 0 Å². The quantitative estimate of drug-likeness (QED) is 0.806. The second-order valence-electron chi connectivity index (χ2n) is 5.12. The molecule has 0 aliphatic rings. The van der Waals surface area contributed by atoms with Gasteiger partial charge in [0.25, 0.3) is 0 Å². The molecule has 1 aromatic heterocycles. The minimum Gasteiger partial charge on any atom is -0.495 e. The lowest BCUT2D eigenvalue weighted by atomic mass is 10.3. The number of hydrogen-bond donors (Lipinski definition) is 1. The SMILES string of the molecule is CCN(CC)Cc1csc(CC(=O)Nc2ccccc2OC)n1. The number of aromatic nitrogens is 1. The van der Waals surface area contributed by atoms with Gasteiger partial charge in [-0.15, -0.1) is 11.3 Å². The maximum absolute atomic E-state index is 12.2. The molecule has 0 aliphatic heterocycles. The van der Waals surface area contributed by atoms with Crippen LogP contribution in [0.25, 0.3) is 0 Å². The van der Waals surface area contributed by atoms with Crippen LogP contribution in [0.5, 0.6) is 5.75 Å². The highest BCUT2D eigenvalue weighted by Crippen LogP contribution is 2.23. The van der Waals surface area contributed by atoms with Crippen LogP contribution in [0.2, 0.25) is 0 Å². The van der Waals surface area contributed by atoms with Crippen molar-refractivity contribution in [3.8, 4) is 5.75 Å². The molecule has 6 heteroatoms. The zero-order chi connectivity index (χ0) is 16.7. The van der Waals surface area contributed by atoms with Gasteiger partial charge in [0, 0.05) is 11.9 Å². The van der Waals surface area contributed by atoms with Crippen molar-refractivity contribution in [2.75, 3.05) is 25.5 Å². The molecule has 23 heavy (non-hydrogen) atoms. The van der Waals surface area contributed by atoms with Crippen LogP contribution in [-0.4, -0.2) is 36.0 Å². The Balaban J connectivity index is 1.94. The zero-order valence-corrected chi connectivity index (χ0v) is 14.7. The summed E-state index contributed by atoms with van der Waals surface area (Å²) in [5.74, 6) is 0.570. The number of methoxy groups -OCH3 is 1. The monoisotopic (exact) mass is 333 g/mol. The fraction of sp³-hybridized carbons (Fsp3) is 0.412. The van der Waals surface area contributed by atoms with Crippen LogP contribution < -0.4 is 10.1 Å². The number of amides is 1. The predicted octanol–water partition coefficient (Wildman–Crippen LogP) is 3.17. The molecule has 1 heterocycles. The standard InChI is InChI=1S/C17H23N3O2S/c1-4-20(5-2)11-13-12-23-17(18-13)10-16(21)19-14-8-6-7-9-15(14)22-3/h6-9,12H,4-5,10-11H2,1-3H3,(H,19,21). The van der Waals surface area contributed by atoms with Crippen LogP contribution in [0.1, 0.15) is 24.5 Å². The first-order valence-electron chi connectivity index (χ1n) is 7.74. The van der Waals surface area contributed by atoms with E-state index in [1.54, 1.807) is 7.11 Å². The predicted molar refractivity (Wildman–Crippen MR) is 94.1 cm³/mol. The number of para-hydroxylation sites is 2. The summed E-state index contributed by atoms with van der Waals surface area (Å²) in [5, 5.41) is 5.74. The normalized spacial score (nSPS) is 10.8. The number of thiazole rings is 1. The van der Waals surface area contributed by atoms with Gasteiger partial charge < -0.3 is 10.1 Å². The van der Waals surface area contributed by atoms with Crippen molar-refractivity contribution in [1.29, 1.82) is 0 Å². The molecule has 1 N–H and O–H groups in total. The summed E-state index contributed by atoms with van der Waals surface area (Å²) in [7, 11) is 1.59. The second kappa shape index (κ2) is 8.64. The largest absolute Gasteiger partial charge is 0.495 e. The highest BCUT2D eigenvalue weighted by atomic mass is 32.1. The Morgan fingerprint density at radius 3 is 2.74 bits per heavy atom. The van der Waals surface area contributed by atoms with Gasteiger partial charge in [-0.25, -0.2) is 4.98 Å². The minimum absolute atomic E-state index is 0.0850. The molecule has 0 saturated heterocycles. The van der Waals surface area contributed by atoms with Crippen molar-refractivity contribution in [1.82, 2.24) is 9.88 Å². The van der Waals surface area contributed by atoms with Crippen LogP contribution in [0, 0.1) is 0 Å². The minimum atomic E-state index is -0.0850. The molecule has 5 nitrogen and oxygen atoms in total. The van der Waals surface area contributed by atoms with Gasteiger partial charge in [-0.2, -0.15) is 0 Å². The van der Waals surface area contributed by atoms with Gasteiger partial charge in [0.2, 0.25) is 5.91 Å². The highest BCUT2D eigenvalue weighted by Gasteiger charge is 2.11. The zero-order valence-electron chi connectivity index (χ0n) is 13.8. The first kappa shape index (κ1) is 17.4. The first-order valence-corrected chi connectivity index (χ1v) is 8.62. The van der Waals surface area contributed by atoms with Gasteiger partial charge in [-0.1, -0.05) is 26.0 Å². The maximum atomic E-state index is 12.2. The number of rotatable bonds is 8. The fourth-order valence-electron chi connectivity index (χ4n) is 2.26. The summed E-state index contributed by atoms with van der Waals surface area (Å²) in [6.45, 7) is 7.10. The molecule has 2 rings (SSSR count). The topological polar surface area (TPSA) is 54.5 Å². The Kier molecular flexibility index (Phi) is 6.55. The first-order chi connectivity index (χ1) is 11.2. The Labute approximate surface area is 141 Å². The van der Waals surface area contributed by atoms with E-state index in [1.165, 1.54) is 11.3 Å². The molecule has 0 bridgehead atoms. The molecule has 1 aromatic carbocycles. The van der Waals surface area contributed by atoms with Gasteiger partial charge in [-0.3, -0.25) is 9.69 Å². The van der Waals surface area contributed by atoms with Gasteiger partial charge in [-0.05, 0) is 25.2 Å². The Morgan fingerprint density at radius 1 is 1.30 bits per heavy atom. The summed E-state index contributed by atoms with van der Waals surface area (Å²) >= 11 is 1.53. The number of carbonyl (C=O) groups excluding carboxylic acids is 1. The summed E-state index contributed by atoms with van der Waals surface area (Å²) in [6.07, 6.45) is 0.279. The number of hydrogen-bond acceptors (Lipinski definition) is 5. The van der Waals surface area contributed by atoms with E-state index in [0.29, 0.717) is 11.4 Å². The van der Waals surface area contributed by atoms with E-state index in [2.05, 4.69) is 29.0 Å². The number of benzene rings is 1. The molecule has 1 amide bonds. The molecule has 0 fully saturated rings. The van der Waals surface area contributed by atoms with Crippen LogP contribution in [0.3, 0.4) is 0 Å². The van der Waals surface area contributed by atoms with E-state index in [4.69, 9.17) is 4.74 Å². The number of nitrogens with zero attached hydrogens (tertiary/aromatic N) is 2. The molecule has 0 aliphatic carbocycles. The lowest BCUT2D eigenvalue weighted by molar-refractivity contribution is -0.115. The average Bonchev–Trinajstić information content (AvgIpc) is 3.00. The Hall–Kier alpha value is -1.92. The van der Waals surface area contributed by atoms with E-state index in [-0.39, 0.29) is 12.3 Å². The molecule has 0 unspecified atom stereocenters. The van der Waals surface area contributed by atoms with Crippen molar-refractivity contribution < 1.29 is 9.53 Å². The Bertz CT molecular complexity index is 638. The summed E-state index contributed by atoms with van der Waals surface area (Å²) in [5.41, 5.74) is 1.71. The number of carbonyl (C=O) groups is 1. The van der Waals surface area contributed by atoms with Crippen molar-refractivity contribution >= 4 is 22.9 Å². The molecule has 0 atom stereocenters. The summed E-state index contributed by atoms with van der Waals surface area (Å²) < 4.78 is 5.24. The molecular weight excluding hydrogens is 310 g/mol. The second-order valence-corrected chi connectivity index (χ2v) is 6.06. The van der Waals surface area contributed by atoms with Gasteiger partial charge in [0.1, 0.15) is 10.8 Å². The molecule has 0 saturated carbocycles. The molecule has 124 valence electrons. The highest BCUT2D eigenvalue weighted by molar-refractivity contribution is 7.09. The van der Waals surface area contributed by atoms with Crippen molar-refractivity contribution in [3.63, 3.8) is 0 Å². The van der Waals surface area contributed by atoms with Crippen molar-refractivity contribution in [2.45, 2.75) is 26.8 Å². The van der Waals surface area contributed by atoms with Crippen molar-refractivity contribution in [2.24, 2.45) is 0 Å². The van der Waals surface area contributed by atoms with E-state index in [9.17, 15) is 4.79 Å². The third-order valence-electron chi connectivity index (χ3n) is 3.57. The smallest absolute Gasteiger partial charge is 0.231 e. The number of ether oxygens (including phenoxy) is 1. The Morgan fingerprint density at radius 2 is 2.04 bits per heavy atom. The average molecular weight is 333 g/mol. The van der Waals surface area contributed by atoms with E-state index < -0.39 is 0 Å². The van der Waals surface area contributed by atoms with E-state index in [1.807, 2.05) is 29.6 Å². The molecule has 0 radical (unpaired) electrons. The summed E-state index contributed by atoms with van der Waals surface area (Å²) in [4.78, 5) is 19.0. The van der Waals surface area contributed by atoms with Gasteiger partial charge in [0.15, 0.2) is 0 Å². The van der Waals surface area contributed by atoms with Crippen LogP contribution in [0.15, 0.2) is 29.6 Å². The number of anilines is 1. The maximum Gasteiger partial charge on any atom is 0.231 e. The fourth-order valence-corrected chi connectivity index (χ4v) is 3.04. The van der Waals surface area contributed by atoms with Crippen LogP contribution >= 0.6 is 11.3 Å². The lowest BCUT2D eigenvalue weighted by Crippen LogP contribution is -2.22. The number of nitrogens with one attached hydrogen (secondary N) is 1. The van der Waals surface area contributed by atoms with Crippen LogP contribution in [0.4, 0.5) is 5.69 Å². The van der Waals surface area contributed by atoms with Gasteiger partial charge in [0.05, 0.1) is 24.9 Å². The summed E-state index contributed by atoms with van der Waals surface area (Å²) in [6, 6.07) is 7.38.